The van der Waals surface area contributed by atoms with Crippen LogP contribution in [0.2, 0.25) is 0 Å². The highest BCUT2D eigenvalue weighted by Crippen LogP contribution is 2.15. The van der Waals surface area contributed by atoms with E-state index in [4.69, 9.17) is 5.73 Å². The normalized spacial score (nSPS) is 15.1. The molecule has 2 rings (SSSR count). The summed E-state index contributed by atoms with van der Waals surface area (Å²) in [6, 6.07) is 7.44. The Kier molecular flexibility index (Phi) is 5.77. The van der Waals surface area contributed by atoms with Crippen LogP contribution >= 0.6 is 0 Å². The quantitative estimate of drug-likeness (QED) is 0.808. The minimum absolute atomic E-state index is 0.106. The van der Waals surface area contributed by atoms with E-state index >= 15 is 0 Å². The molecule has 3 N–H and O–H groups in total. The molecule has 1 aliphatic heterocycles. The number of amides is 2. The van der Waals surface area contributed by atoms with Crippen LogP contribution in [0.5, 0.6) is 0 Å². The molecule has 0 aliphatic carbocycles. The molecule has 126 valence electrons. The van der Waals surface area contributed by atoms with Crippen LogP contribution in [0, 0.1) is 0 Å². The average Bonchev–Trinajstić information content (AvgIpc) is 2.98. The van der Waals surface area contributed by atoms with Crippen molar-refractivity contribution in [2.75, 3.05) is 13.1 Å². The molecule has 0 atom stereocenters. The van der Waals surface area contributed by atoms with Gasteiger partial charge in [-0.1, -0.05) is 26.0 Å². The zero-order valence-electron chi connectivity index (χ0n) is 14.1. The van der Waals surface area contributed by atoms with Crippen LogP contribution in [0.4, 0.5) is 0 Å². The molecule has 5 heteroatoms. The second-order valence-corrected chi connectivity index (χ2v) is 6.37. The number of carbonyl (C=O) groups excluding carboxylic acids is 2. The third-order valence-corrected chi connectivity index (χ3v) is 4.77. The Morgan fingerprint density at radius 2 is 1.91 bits per heavy atom. The number of nitrogens with zero attached hydrogens (tertiary/aromatic N) is 1. The molecule has 1 saturated heterocycles. The molecular formula is C18H27N3O2. The van der Waals surface area contributed by atoms with Crippen molar-refractivity contribution in [1.29, 1.82) is 0 Å². The lowest BCUT2D eigenvalue weighted by atomic mass is 9.94. The second kappa shape index (κ2) is 7.59. The average molecular weight is 317 g/mol. The summed E-state index contributed by atoms with van der Waals surface area (Å²) < 4.78 is 0. The van der Waals surface area contributed by atoms with E-state index in [2.05, 4.69) is 5.32 Å². The lowest BCUT2D eigenvalue weighted by Gasteiger charge is -2.26. The zero-order chi connectivity index (χ0) is 16.9. The number of benzene rings is 1. The SMILES string of the molecule is CCC(N)(CC)CNC(=O)c1ccc(CN2CCCC2=O)cc1. The van der Waals surface area contributed by atoms with Gasteiger partial charge in [0.05, 0.1) is 0 Å². The Balaban J connectivity index is 1.91. The predicted octanol–water partition coefficient (Wildman–Crippen LogP) is 2.06. The molecular weight excluding hydrogens is 290 g/mol. The first-order chi connectivity index (χ1) is 11.0. The van der Waals surface area contributed by atoms with Crippen LogP contribution < -0.4 is 11.1 Å². The molecule has 1 heterocycles. The lowest BCUT2D eigenvalue weighted by Crippen LogP contribution is -2.49. The van der Waals surface area contributed by atoms with E-state index in [-0.39, 0.29) is 17.4 Å². The van der Waals surface area contributed by atoms with Crippen molar-refractivity contribution < 1.29 is 9.59 Å². The summed E-state index contributed by atoms with van der Waals surface area (Å²) in [6.45, 7) is 5.99. The summed E-state index contributed by atoms with van der Waals surface area (Å²) in [7, 11) is 0. The number of nitrogens with two attached hydrogens (primary N) is 1. The molecule has 0 unspecified atom stereocenters. The van der Waals surface area contributed by atoms with Crippen molar-refractivity contribution in [3.05, 3.63) is 35.4 Å². The van der Waals surface area contributed by atoms with Gasteiger partial charge in [-0.3, -0.25) is 9.59 Å². The molecule has 0 bridgehead atoms. The summed E-state index contributed by atoms with van der Waals surface area (Å²) in [5, 5.41) is 2.91. The Bertz CT molecular complexity index is 550. The molecule has 0 radical (unpaired) electrons. The van der Waals surface area contributed by atoms with E-state index < -0.39 is 0 Å². The predicted molar refractivity (Wildman–Crippen MR) is 90.9 cm³/mol. The number of hydrogen-bond donors (Lipinski definition) is 2. The minimum Gasteiger partial charge on any atom is -0.350 e. The van der Waals surface area contributed by atoms with Gasteiger partial charge in [-0.15, -0.1) is 0 Å². The van der Waals surface area contributed by atoms with Crippen LogP contribution in [-0.4, -0.2) is 35.3 Å². The number of likely N-dealkylation sites (tertiary alicyclic amines) is 1. The maximum absolute atomic E-state index is 12.2. The number of carbonyl (C=O) groups is 2. The summed E-state index contributed by atoms with van der Waals surface area (Å²) in [5.41, 5.74) is 7.53. The van der Waals surface area contributed by atoms with Crippen molar-refractivity contribution in [1.82, 2.24) is 10.2 Å². The van der Waals surface area contributed by atoms with E-state index in [9.17, 15) is 9.59 Å². The van der Waals surface area contributed by atoms with E-state index in [1.54, 1.807) is 12.1 Å². The molecule has 2 amide bonds. The highest BCUT2D eigenvalue weighted by Gasteiger charge is 2.22. The van der Waals surface area contributed by atoms with Gasteiger partial charge in [-0.25, -0.2) is 0 Å². The Hall–Kier alpha value is -1.88. The molecule has 0 aromatic heterocycles. The Morgan fingerprint density at radius 1 is 1.26 bits per heavy atom. The Morgan fingerprint density at radius 3 is 2.43 bits per heavy atom. The van der Waals surface area contributed by atoms with Gasteiger partial charge in [0.25, 0.3) is 5.91 Å². The van der Waals surface area contributed by atoms with Crippen LogP contribution in [0.15, 0.2) is 24.3 Å². The minimum atomic E-state index is -0.342. The van der Waals surface area contributed by atoms with E-state index in [1.807, 2.05) is 30.9 Å². The lowest BCUT2D eigenvalue weighted by molar-refractivity contribution is -0.128. The molecule has 1 fully saturated rings. The number of rotatable bonds is 7. The summed E-state index contributed by atoms with van der Waals surface area (Å²) in [5.74, 6) is 0.107. The van der Waals surface area contributed by atoms with Crippen molar-refractivity contribution in [2.45, 2.75) is 51.6 Å². The van der Waals surface area contributed by atoms with Crippen LogP contribution in [0.3, 0.4) is 0 Å². The summed E-state index contributed by atoms with van der Waals surface area (Å²) in [4.78, 5) is 25.7. The van der Waals surface area contributed by atoms with E-state index in [0.717, 1.165) is 31.4 Å². The second-order valence-electron chi connectivity index (χ2n) is 6.37. The van der Waals surface area contributed by atoms with Gasteiger partial charge in [-0.2, -0.15) is 0 Å². The molecule has 1 aliphatic rings. The molecule has 1 aromatic rings. The fraction of sp³-hybridized carbons (Fsp3) is 0.556. The van der Waals surface area contributed by atoms with Crippen LogP contribution in [-0.2, 0) is 11.3 Å². The monoisotopic (exact) mass is 317 g/mol. The highest BCUT2D eigenvalue weighted by atomic mass is 16.2. The van der Waals surface area contributed by atoms with Crippen LogP contribution in [0.1, 0.15) is 55.5 Å². The van der Waals surface area contributed by atoms with Gasteiger partial charge < -0.3 is 16.0 Å². The van der Waals surface area contributed by atoms with Gasteiger partial charge in [0.15, 0.2) is 0 Å². The summed E-state index contributed by atoms with van der Waals surface area (Å²) >= 11 is 0. The van der Waals surface area contributed by atoms with Crippen molar-refractivity contribution in [3.8, 4) is 0 Å². The number of hydrogen-bond acceptors (Lipinski definition) is 3. The maximum atomic E-state index is 12.2. The first-order valence-corrected chi connectivity index (χ1v) is 8.41. The first-order valence-electron chi connectivity index (χ1n) is 8.41. The van der Waals surface area contributed by atoms with Gasteiger partial charge in [0.2, 0.25) is 5.91 Å². The third kappa shape index (κ3) is 4.55. The van der Waals surface area contributed by atoms with Gasteiger partial charge in [0, 0.05) is 37.2 Å². The largest absolute Gasteiger partial charge is 0.350 e. The topological polar surface area (TPSA) is 75.4 Å². The van der Waals surface area contributed by atoms with E-state index in [0.29, 0.717) is 25.1 Å². The number of nitrogens with one attached hydrogen (secondary N) is 1. The standard InChI is InChI=1S/C18H27N3O2/c1-3-18(19,4-2)13-20-17(23)15-9-7-14(8-10-15)12-21-11-5-6-16(21)22/h7-10H,3-6,11-13,19H2,1-2H3,(H,20,23). The molecule has 23 heavy (non-hydrogen) atoms. The van der Waals surface area contributed by atoms with Gasteiger partial charge in [-0.05, 0) is 37.0 Å². The maximum Gasteiger partial charge on any atom is 0.251 e. The molecule has 0 saturated carbocycles. The van der Waals surface area contributed by atoms with Gasteiger partial charge in [0.1, 0.15) is 0 Å². The molecule has 1 aromatic carbocycles. The molecule has 5 nitrogen and oxygen atoms in total. The van der Waals surface area contributed by atoms with E-state index in [1.165, 1.54) is 0 Å². The Labute approximate surface area is 138 Å². The smallest absolute Gasteiger partial charge is 0.251 e. The third-order valence-electron chi connectivity index (χ3n) is 4.77. The van der Waals surface area contributed by atoms with Crippen molar-refractivity contribution >= 4 is 11.8 Å². The fourth-order valence-corrected chi connectivity index (χ4v) is 2.71. The van der Waals surface area contributed by atoms with Crippen LogP contribution in [0.25, 0.3) is 0 Å². The fourth-order valence-electron chi connectivity index (χ4n) is 2.71. The highest BCUT2D eigenvalue weighted by molar-refractivity contribution is 5.94. The van der Waals surface area contributed by atoms with Crippen molar-refractivity contribution in [2.24, 2.45) is 5.73 Å². The molecule has 0 spiro atoms. The van der Waals surface area contributed by atoms with Crippen molar-refractivity contribution in [3.63, 3.8) is 0 Å². The first kappa shape index (κ1) is 17.5. The zero-order valence-corrected chi connectivity index (χ0v) is 14.1. The van der Waals surface area contributed by atoms with Gasteiger partial charge >= 0.3 is 0 Å². The summed E-state index contributed by atoms with van der Waals surface area (Å²) in [6.07, 6.45) is 3.24.